The second-order valence-corrected chi connectivity index (χ2v) is 9.31. The van der Waals surface area contributed by atoms with Crippen LogP contribution >= 0.6 is 15.9 Å². The van der Waals surface area contributed by atoms with Gasteiger partial charge in [-0.1, -0.05) is 58.4 Å². The van der Waals surface area contributed by atoms with Crippen LogP contribution in [0, 0.1) is 0 Å². The minimum Gasteiger partial charge on any atom is -0.456 e. The van der Waals surface area contributed by atoms with E-state index < -0.39 is 0 Å². The van der Waals surface area contributed by atoms with Gasteiger partial charge in [0.2, 0.25) is 0 Å². The predicted molar refractivity (Wildman–Crippen MR) is 143 cm³/mol. The largest absolute Gasteiger partial charge is 0.456 e. The molecule has 160 valence electrons. The van der Waals surface area contributed by atoms with Gasteiger partial charge in [0.15, 0.2) is 0 Å². The molecule has 0 N–H and O–H groups in total. The average molecular weight is 501 g/mol. The summed E-state index contributed by atoms with van der Waals surface area (Å²) in [6.07, 6.45) is 3.65. The maximum Gasteiger partial charge on any atom is 0.136 e. The van der Waals surface area contributed by atoms with E-state index in [1.165, 1.54) is 0 Å². The summed E-state index contributed by atoms with van der Waals surface area (Å²) in [5.74, 6) is 0. The van der Waals surface area contributed by atoms with Gasteiger partial charge in [0.1, 0.15) is 11.2 Å². The van der Waals surface area contributed by atoms with Crippen LogP contribution in [0.25, 0.3) is 66.0 Å². The first-order valence-corrected chi connectivity index (χ1v) is 11.9. The first-order valence-electron chi connectivity index (χ1n) is 11.1. The van der Waals surface area contributed by atoms with Gasteiger partial charge < -0.3 is 4.42 Å². The number of rotatable bonds is 2. The van der Waals surface area contributed by atoms with Crippen LogP contribution in [-0.4, -0.2) is 9.97 Å². The molecule has 3 nitrogen and oxygen atoms in total. The molecule has 0 unspecified atom stereocenters. The lowest BCUT2D eigenvalue weighted by molar-refractivity contribution is 0.669. The van der Waals surface area contributed by atoms with Crippen molar-refractivity contribution in [3.63, 3.8) is 0 Å². The van der Waals surface area contributed by atoms with Crippen molar-refractivity contribution in [3.8, 4) is 22.3 Å². The first kappa shape index (κ1) is 19.4. The van der Waals surface area contributed by atoms with E-state index in [0.717, 1.165) is 70.5 Å². The van der Waals surface area contributed by atoms with E-state index >= 15 is 0 Å². The molecule has 0 aliphatic heterocycles. The lowest BCUT2D eigenvalue weighted by Gasteiger charge is -2.10. The number of hydrogen-bond acceptors (Lipinski definition) is 3. The molecule has 34 heavy (non-hydrogen) atoms. The highest BCUT2D eigenvalue weighted by Gasteiger charge is 2.17. The van der Waals surface area contributed by atoms with Gasteiger partial charge in [-0.05, 0) is 70.8 Å². The van der Waals surface area contributed by atoms with Crippen molar-refractivity contribution in [1.82, 2.24) is 9.97 Å². The average Bonchev–Trinajstić information content (AvgIpc) is 3.27. The van der Waals surface area contributed by atoms with Crippen molar-refractivity contribution in [2.75, 3.05) is 0 Å². The van der Waals surface area contributed by atoms with Gasteiger partial charge in [0.05, 0.1) is 11.0 Å². The van der Waals surface area contributed by atoms with Crippen LogP contribution in [0.3, 0.4) is 0 Å². The molecule has 0 atom stereocenters. The van der Waals surface area contributed by atoms with Crippen LogP contribution in [-0.2, 0) is 0 Å². The zero-order chi connectivity index (χ0) is 22.6. The summed E-state index contributed by atoms with van der Waals surface area (Å²) >= 11 is 3.52. The van der Waals surface area contributed by atoms with Gasteiger partial charge in [-0.25, -0.2) is 0 Å². The first-order chi connectivity index (χ1) is 16.8. The molecule has 0 fully saturated rings. The number of halogens is 1. The summed E-state index contributed by atoms with van der Waals surface area (Å²) in [5, 5.41) is 4.39. The molecule has 3 heterocycles. The van der Waals surface area contributed by atoms with Crippen LogP contribution in [0.1, 0.15) is 0 Å². The molecule has 4 aromatic carbocycles. The fourth-order valence-corrected chi connectivity index (χ4v) is 5.14. The van der Waals surface area contributed by atoms with Crippen LogP contribution < -0.4 is 0 Å². The van der Waals surface area contributed by atoms with E-state index in [1.807, 2.05) is 30.6 Å². The number of hydrogen-bond donors (Lipinski definition) is 0. The predicted octanol–water partition coefficient (Wildman–Crippen LogP) is 8.78. The summed E-state index contributed by atoms with van der Waals surface area (Å²) in [7, 11) is 0. The Morgan fingerprint density at radius 2 is 1.38 bits per heavy atom. The third-order valence-corrected chi connectivity index (χ3v) is 6.95. The van der Waals surface area contributed by atoms with Crippen LogP contribution in [0.5, 0.6) is 0 Å². The molecule has 0 aliphatic carbocycles. The molecule has 4 heteroatoms. The summed E-state index contributed by atoms with van der Waals surface area (Å²) in [6.45, 7) is 0. The fourth-order valence-electron chi connectivity index (χ4n) is 4.87. The van der Waals surface area contributed by atoms with Gasteiger partial charge in [-0.3, -0.25) is 9.97 Å². The molecule has 0 bridgehead atoms. The van der Waals surface area contributed by atoms with E-state index in [2.05, 4.69) is 98.7 Å². The van der Waals surface area contributed by atoms with Gasteiger partial charge in [0, 0.05) is 38.4 Å². The Hall–Kier alpha value is -4.02. The Labute approximate surface area is 203 Å². The third kappa shape index (κ3) is 2.96. The molecular weight excluding hydrogens is 484 g/mol. The van der Waals surface area contributed by atoms with Crippen molar-refractivity contribution in [1.29, 1.82) is 0 Å². The Bertz CT molecular complexity index is 1870. The van der Waals surface area contributed by atoms with Crippen LogP contribution in [0.4, 0.5) is 0 Å². The highest BCUT2D eigenvalue weighted by Crippen LogP contribution is 2.41. The lowest BCUT2D eigenvalue weighted by atomic mass is 9.94. The molecule has 0 amide bonds. The summed E-state index contributed by atoms with van der Waals surface area (Å²) < 4.78 is 7.43. The van der Waals surface area contributed by atoms with E-state index in [1.54, 1.807) is 0 Å². The topological polar surface area (TPSA) is 38.9 Å². The molecule has 0 spiro atoms. The minimum atomic E-state index is 0.879. The molecule has 0 saturated heterocycles. The second-order valence-electron chi connectivity index (χ2n) is 8.40. The van der Waals surface area contributed by atoms with Gasteiger partial charge >= 0.3 is 0 Å². The zero-order valence-corrected chi connectivity index (χ0v) is 19.6. The summed E-state index contributed by atoms with van der Waals surface area (Å²) in [4.78, 5) is 9.29. The highest BCUT2D eigenvalue weighted by molar-refractivity contribution is 9.10. The molecule has 3 aromatic heterocycles. The SMILES string of the molecule is Brc1ccc(-c2ccc3c(c2)oc2cccc(-c4cc5cccnc5c5ncccc45)c23)cc1. The Morgan fingerprint density at radius 1 is 0.588 bits per heavy atom. The number of pyridine rings is 2. The summed E-state index contributed by atoms with van der Waals surface area (Å²) in [5.41, 5.74) is 8.15. The maximum absolute atomic E-state index is 6.36. The van der Waals surface area contributed by atoms with E-state index in [0.29, 0.717) is 0 Å². The molecule has 0 aliphatic rings. The van der Waals surface area contributed by atoms with Gasteiger partial charge in [-0.2, -0.15) is 0 Å². The van der Waals surface area contributed by atoms with E-state index in [-0.39, 0.29) is 0 Å². The normalized spacial score (nSPS) is 11.7. The van der Waals surface area contributed by atoms with Crippen molar-refractivity contribution in [2.45, 2.75) is 0 Å². The Balaban J connectivity index is 1.52. The van der Waals surface area contributed by atoms with Crippen molar-refractivity contribution in [3.05, 3.63) is 108 Å². The molecule has 0 saturated carbocycles. The summed E-state index contributed by atoms with van der Waals surface area (Å²) in [6, 6.07) is 31.5. The number of nitrogens with zero attached hydrogens (tertiary/aromatic N) is 2. The second kappa shape index (κ2) is 7.51. The smallest absolute Gasteiger partial charge is 0.136 e. The number of fused-ring (bicyclic) bond motifs is 6. The van der Waals surface area contributed by atoms with E-state index in [4.69, 9.17) is 4.42 Å². The lowest BCUT2D eigenvalue weighted by Crippen LogP contribution is -1.89. The van der Waals surface area contributed by atoms with Crippen molar-refractivity contribution < 1.29 is 4.42 Å². The highest BCUT2D eigenvalue weighted by atomic mass is 79.9. The van der Waals surface area contributed by atoms with Crippen molar-refractivity contribution in [2.24, 2.45) is 0 Å². The van der Waals surface area contributed by atoms with Crippen LogP contribution in [0.15, 0.2) is 112 Å². The number of furan rings is 1. The molecule has 0 radical (unpaired) electrons. The standard InChI is InChI=1S/C30H17BrN2O/c31-21-11-8-18(9-12-21)19-10-13-24-27(17-19)34-26-7-1-5-22(28(24)26)25-16-20-4-2-14-32-29(20)30-23(25)6-3-15-33-30/h1-17H. The number of benzene rings is 4. The van der Waals surface area contributed by atoms with Crippen LogP contribution in [0.2, 0.25) is 0 Å². The minimum absolute atomic E-state index is 0.879. The number of aromatic nitrogens is 2. The van der Waals surface area contributed by atoms with E-state index in [9.17, 15) is 0 Å². The zero-order valence-electron chi connectivity index (χ0n) is 18.0. The maximum atomic E-state index is 6.36. The monoisotopic (exact) mass is 500 g/mol. The Morgan fingerprint density at radius 3 is 2.26 bits per heavy atom. The molecule has 7 aromatic rings. The Kier molecular flexibility index (Phi) is 4.29. The molecular formula is C30H17BrN2O. The van der Waals surface area contributed by atoms with Crippen molar-refractivity contribution >= 4 is 59.7 Å². The van der Waals surface area contributed by atoms with Gasteiger partial charge in [0.25, 0.3) is 0 Å². The fraction of sp³-hybridized carbons (Fsp3) is 0. The quantitative estimate of drug-likeness (QED) is 0.222. The molecule has 7 rings (SSSR count). The third-order valence-electron chi connectivity index (χ3n) is 6.43. The van der Waals surface area contributed by atoms with Gasteiger partial charge in [-0.15, -0.1) is 0 Å².